The molecular formula is C16H23FN2S. The Labute approximate surface area is 126 Å². The van der Waals surface area contributed by atoms with Crippen LogP contribution in [0.3, 0.4) is 0 Å². The van der Waals surface area contributed by atoms with Gasteiger partial charge in [0.15, 0.2) is 0 Å². The fourth-order valence-corrected chi connectivity index (χ4v) is 3.24. The summed E-state index contributed by atoms with van der Waals surface area (Å²) in [6, 6.07) is 5.37. The molecule has 1 aliphatic heterocycles. The number of piperidine rings is 1. The first-order chi connectivity index (χ1) is 9.38. The van der Waals surface area contributed by atoms with E-state index >= 15 is 0 Å². The summed E-state index contributed by atoms with van der Waals surface area (Å²) in [6.45, 7) is 8.40. The minimum atomic E-state index is -0.178. The van der Waals surface area contributed by atoms with E-state index in [4.69, 9.17) is 18.0 Å². The van der Waals surface area contributed by atoms with E-state index < -0.39 is 0 Å². The molecule has 0 amide bonds. The van der Waals surface area contributed by atoms with Gasteiger partial charge in [-0.15, -0.1) is 0 Å². The minimum absolute atomic E-state index is 0.178. The van der Waals surface area contributed by atoms with Crippen LogP contribution in [0.4, 0.5) is 4.39 Å². The normalized spacial score (nSPS) is 27.5. The van der Waals surface area contributed by atoms with Gasteiger partial charge in [-0.05, 0) is 43.4 Å². The van der Waals surface area contributed by atoms with Gasteiger partial charge in [-0.2, -0.15) is 0 Å². The average molecular weight is 294 g/mol. The zero-order chi connectivity index (χ0) is 14.9. The number of rotatable bonds is 3. The van der Waals surface area contributed by atoms with Crippen LogP contribution in [0.5, 0.6) is 0 Å². The van der Waals surface area contributed by atoms with Crippen molar-refractivity contribution in [2.45, 2.75) is 39.8 Å². The number of likely N-dealkylation sites (tertiary alicyclic amines) is 1. The number of benzene rings is 1. The Kier molecular flexibility index (Phi) is 4.76. The van der Waals surface area contributed by atoms with Crippen LogP contribution in [-0.2, 0) is 6.54 Å². The molecule has 2 rings (SSSR count). The molecule has 0 radical (unpaired) electrons. The zero-order valence-electron chi connectivity index (χ0n) is 12.4. The highest BCUT2D eigenvalue weighted by Gasteiger charge is 2.29. The molecule has 1 aromatic carbocycles. The lowest BCUT2D eigenvalue weighted by molar-refractivity contribution is 0.0720. The molecule has 0 saturated carbocycles. The molecule has 3 atom stereocenters. The second-order valence-corrected chi connectivity index (χ2v) is 6.60. The van der Waals surface area contributed by atoms with Gasteiger partial charge in [-0.25, -0.2) is 4.39 Å². The van der Waals surface area contributed by atoms with E-state index in [9.17, 15) is 4.39 Å². The first-order valence-electron chi connectivity index (χ1n) is 7.20. The number of hydrogen-bond donors (Lipinski definition) is 1. The standard InChI is InChI=1S/C16H23FN2S/c1-10-6-11(2)12(3)19(8-10)9-14-7-13(16(18)20)4-5-15(14)17/h4-5,7,10-12H,6,8-9H2,1-3H3,(H2,18,20). The fourth-order valence-electron chi connectivity index (χ4n) is 3.11. The molecule has 1 aromatic rings. The van der Waals surface area contributed by atoms with Crippen LogP contribution in [0.2, 0.25) is 0 Å². The van der Waals surface area contributed by atoms with Gasteiger partial charge >= 0.3 is 0 Å². The molecule has 0 spiro atoms. The minimum Gasteiger partial charge on any atom is -0.389 e. The van der Waals surface area contributed by atoms with Gasteiger partial charge in [0.2, 0.25) is 0 Å². The molecule has 1 aliphatic rings. The Balaban J connectivity index is 2.20. The second-order valence-electron chi connectivity index (χ2n) is 6.16. The number of hydrogen-bond acceptors (Lipinski definition) is 2. The zero-order valence-corrected chi connectivity index (χ0v) is 13.2. The smallest absolute Gasteiger partial charge is 0.127 e. The van der Waals surface area contributed by atoms with Crippen molar-refractivity contribution in [2.75, 3.05) is 6.54 Å². The Morgan fingerprint density at radius 1 is 1.40 bits per heavy atom. The van der Waals surface area contributed by atoms with Crippen molar-refractivity contribution in [3.8, 4) is 0 Å². The van der Waals surface area contributed by atoms with Crippen molar-refractivity contribution in [1.82, 2.24) is 4.90 Å². The van der Waals surface area contributed by atoms with E-state index in [-0.39, 0.29) is 5.82 Å². The summed E-state index contributed by atoms with van der Waals surface area (Å²) in [5.74, 6) is 1.12. The van der Waals surface area contributed by atoms with E-state index in [0.29, 0.717) is 35.0 Å². The van der Waals surface area contributed by atoms with E-state index in [0.717, 1.165) is 12.1 Å². The highest BCUT2D eigenvalue weighted by atomic mass is 32.1. The van der Waals surface area contributed by atoms with Crippen molar-refractivity contribution >= 4 is 17.2 Å². The van der Waals surface area contributed by atoms with E-state index in [1.54, 1.807) is 12.1 Å². The third-order valence-electron chi connectivity index (χ3n) is 4.42. The predicted octanol–water partition coefficient (Wildman–Crippen LogP) is 3.33. The Morgan fingerprint density at radius 3 is 2.75 bits per heavy atom. The lowest BCUT2D eigenvalue weighted by atomic mass is 9.85. The van der Waals surface area contributed by atoms with Crippen molar-refractivity contribution < 1.29 is 4.39 Å². The van der Waals surface area contributed by atoms with E-state index in [1.165, 1.54) is 12.5 Å². The fraction of sp³-hybridized carbons (Fsp3) is 0.562. The number of nitrogens with two attached hydrogens (primary N) is 1. The highest BCUT2D eigenvalue weighted by Crippen LogP contribution is 2.28. The molecule has 1 saturated heterocycles. The summed E-state index contributed by atoms with van der Waals surface area (Å²) in [5, 5.41) is 0. The van der Waals surface area contributed by atoms with Crippen molar-refractivity contribution in [3.05, 3.63) is 35.1 Å². The summed E-state index contributed by atoms with van der Waals surface area (Å²) in [6.07, 6.45) is 1.24. The quantitative estimate of drug-likeness (QED) is 0.867. The molecular weight excluding hydrogens is 271 g/mol. The third-order valence-corrected chi connectivity index (χ3v) is 4.66. The molecule has 1 fully saturated rings. The number of nitrogens with zero attached hydrogens (tertiary/aromatic N) is 1. The maximum absolute atomic E-state index is 14.0. The maximum Gasteiger partial charge on any atom is 0.127 e. The summed E-state index contributed by atoms with van der Waals surface area (Å²) >= 11 is 4.97. The molecule has 20 heavy (non-hydrogen) atoms. The van der Waals surface area contributed by atoms with Crippen LogP contribution in [0.15, 0.2) is 18.2 Å². The van der Waals surface area contributed by atoms with Crippen LogP contribution >= 0.6 is 12.2 Å². The molecule has 2 nitrogen and oxygen atoms in total. The van der Waals surface area contributed by atoms with Gasteiger partial charge in [0.25, 0.3) is 0 Å². The monoisotopic (exact) mass is 294 g/mol. The molecule has 110 valence electrons. The topological polar surface area (TPSA) is 29.3 Å². The number of halogens is 1. The van der Waals surface area contributed by atoms with Crippen molar-refractivity contribution in [2.24, 2.45) is 17.6 Å². The lowest BCUT2D eigenvalue weighted by Crippen LogP contribution is -2.45. The molecule has 0 aliphatic carbocycles. The SMILES string of the molecule is CC1CC(C)C(C)N(Cc2cc(C(N)=S)ccc2F)C1. The molecule has 0 bridgehead atoms. The van der Waals surface area contributed by atoms with Crippen molar-refractivity contribution in [3.63, 3.8) is 0 Å². The molecule has 2 N–H and O–H groups in total. The van der Waals surface area contributed by atoms with Crippen LogP contribution in [0.25, 0.3) is 0 Å². The van der Waals surface area contributed by atoms with Gasteiger partial charge in [-0.3, -0.25) is 4.90 Å². The number of thiocarbonyl (C=S) groups is 1. The molecule has 4 heteroatoms. The largest absolute Gasteiger partial charge is 0.389 e. The van der Waals surface area contributed by atoms with Gasteiger partial charge in [-0.1, -0.05) is 26.1 Å². The summed E-state index contributed by atoms with van der Waals surface area (Å²) < 4.78 is 14.0. The van der Waals surface area contributed by atoms with Gasteiger partial charge in [0.05, 0.1) is 0 Å². The lowest BCUT2D eigenvalue weighted by Gasteiger charge is -2.41. The highest BCUT2D eigenvalue weighted by molar-refractivity contribution is 7.80. The Bertz CT molecular complexity index is 503. The summed E-state index contributed by atoms with van der Waals surface area (Å²) in [4.78, 5) is 2.68. The first-order valence-corrected chi connectivity index (χ1v) is 7.61. The Morgan fingerprint density at radius 2 is 2.10 bits per heavy atom. The van der Waals surface area contributed by atoms with E-state index in [1.807, 2.05) is 0 Å². The summed E-state index contributed by atoms with van der Waals surface area (Å²) in [5.41, 5.74) is 7.05. The van der Waals surface area contributed by atoms with Gasteiger partial charge < -0.3 is 5.73 Å². The van der Waals surface area contributed by atoms with Gasteiger partial charge in [0.1, 0.15) is 10.8 Å². The van der Waals surface area contributed by atoms with Gasteiger partial charge in [0, 0.05) is 30.3 Å². The predicted molar refractivity (Wildman–Crippen MR) is 85.1 cm³/mol. The molecule has 1 heterocycles. The van der Waals surface area contributed by atoms with Crippen molar-refractivity contribution in [1.29, 1.82) is 0 Å². The van der Waals surface area contributed by atoms with Crippen LogP contribution in [0, 0.1) is 17.7 Å². The summed E-state index contributed by atoms with van der Waals surface area (Å²) in [7, 11) is 0. The van der Waals surface area contributed by atoms with Crippen LogP contribution in [-0.4, -0.2) is 22.5 Å². The molecule has 0 aromatic heterocycles. The van der Waals surface area contributed by atoms with Crippen LogP contribution < -0.4 is 5.73 Å². The maximum atomic E-state index is 14.0. The Hall–Kier alpha value is -1.00. The van der Waals surface area contributed by atoms with Crippen LogP contribution in [0.1, 0.15) is 38.3 Å². The molecule has 3 unspecified atom stereocenters. The average Bonchev–Trinajstić information content (AvgIpc) is 2.37. The third kappa shape index (κ3) is 3.36. The first kappa shape index (κ1) is 15.4. The van der Waals surface area contributed by atoms with E-state index in [2.05, 4.69) is 25.7 Å². The second kappa shape index (κ2) is 6.19.